The zero-order valence-electron chi connectivity index (χ0n) is 16.6. The standard InChI is InChI=1S/C22H29N3O3/c1-17(2)28-19-9-7-18(8-10-19)23-12-11-22(26)24-20-5-3-4-6-21(20)25-13-15-27-16-14-25/h3-10,17,23H,11-16H2,1-2H3,(H,24,26). The van der Waals surface area contributed by atoms with Crippen LogP contribution in [0.2, 0.25) is 0 Å². The van der Waals surface area contributed by atoms with Crippen molar-refractivity contribution < 1.29 is 14.3 Å². The number of hydrogen-bond donors (Lipinski definition) is 2. The highest BCUT2D eigenvalue weighted by atomic mass is 16.5. The summed E-state index contributed by atoms with van der Waals surface area (Å²) in [6.45, 7) is 7.68. The van der Waals surface area contributed by atoms with E-state index in [9.17, 15) is 4.79 Å². The topological polar surface area (TPSA) is 62.8 Å². The van der Waals surface area contributed by atoms with Crippen molar-refractivity contribution in [2.75, 3.05) is 48.4 Å². The van der Waals surface area contributed by atoms with Crippen molar-refractivity contribution in [3.8, 4) is 5.75 Å². The highest BCUT2D eigenvalue weighted by Gasteiger charge is 2.15. The Morgan fingerprint density at radius 2 is 1.82 bits per heavy atom. The molecule has 3 rings (SSSR count). The van der Waals surface area contributed by atoms with Crippen LogP contribution in [0.3, 0.4) is 0 Å². The van der Waals surface area contributed by atoms with Gasteiger partial charge in [0.1, 0.15) is 5.75 Å². The minimum Gasteiger partial charge on any atom is -0.491 e. The average Bonchev–Trinajstić information content (AvgIpc) is 2.70. The molecule has 1 fully saturated rings. The lowest BCUT2D eigenvalue weighted by Crippen LogP contribution is -2.36. The van der Waals surface area contributed by atoms with E-state index < -0.39 is 0 Å². The van der Waals surface area contributed by atoms with Crippen molar-refractivity contribution in [1.29, 1.82) is 0 Å². The van der Waals surface area contributed by atoms with Crippen molar-refractivity contribution in [3.05, 3.63) is 48.5 Å². The van der Waals surface area contributed by atoms with Gasteiger partial charge in [-0.25, -0.2) is 0 Å². The van der Waals surface area contributed by atoms with E-state index in [1.165, 1.54) is 0 Å². The summed E-state index contributed by atoms with van der Waals surface area (Å²) in [7, 11) is 0. The van der Waals surface area contributed by atoms with Gasteiger partial charge < -0.3 is 25.0 Å². The Morgan fingerprint density at radius 3 is 2.54 bits per heavy atom. The molecular weight excluding hydrogens is 354 g/mol. The summed E-state index contributed by atoms with van der Waals surface area (Å²) in [6.07, 6.45) is 0.546. The van der Waals surface area contributed by atoms with Gasteiger partial charge in [0.2, 0.25) is 5.91 Å². The lowest BCUT2D eigenvalue weighted by Gasteiger charge is -2.30. The lowest BCUT2D eigenvalue weighted by atomic mass is 10.2. The fourth-order valence-electron chi connectivity index (χ4n) is 3.12. The molecule has 0 atom stereocenters. The second-order valence-corrected chi connectivity index (χ2v) is 7.03. The Kier molecular flexibility index (Phi) is 7.14. The maximum Gasteiger partial charge on any atom is 0.226 e. The Labute approximate surface area is 166 Å². The van der Waals surface area contributed by atoms with Gasteiger partial charge in [-0.3, -0.25) is 4.79 Å². The Balaban J connectivity index is 1.48. The number of morpholine rings is 1. The number of nitrogens with one attached hydrogen (secondary N) is 2. The molecule has 1 aliphatic rings. The number of benzene rings is 2. The summed E-state index contributed by atoms with van der Waals surface area (Å²) >= 11 is 0. The summed E-state index contributed by atoms with van der Waals surface area (Å²) in [5, 5.41) is 6.32. The van der Waals surface area contributed by atoms with Gasteiger partial charge in [0.15, 0.2) is 0 Å². The van der Waals surface area contributed by atoms with Crippen LogP contribution in [0.1, 0.15) is 20.3 Å². The summed E-state index contributed by atoms with van der Waals surface area (Å²) in [6, 6.07) is 15.7. The number of carbonyl (C=O) groups excluding carboxylic acids is 1. The molecule has 150 valence electrons. The number of carbonyl (C=O) groups is 1. The molecule has 1 aliphatic heterocycles. The molecule has 0 saturated carbocycles. The molecule has 0 aromatic heterocycles. The molecule has 0 bridgehead atoms. The zero-order valence-corrected chi connectivity index (χ0v) is 16.6. The van der Waals surface area contributed by atoms with E-state index in [4.69, 9.17) is 9.47 Å². The predicted octanol–water partition coefficient (Wildman–Crippen LogP) is 3.75. The molecule has 0 unspecified atom stereocenters. The molecule has 1 saturated heterocycles. The number of anilines is 3. The third-order valence-electron chi connectivity index (χ3n) is 4.44. The Hall–Kier alpha value is -2.73. The third-order valence-corrected chi connectivity index (χ3v) is 4.44. The van der Waals surface area contributed by atoms with Gasteiger partial charge in [-0.1, -0.05) is 12.1 Å². The quantitative estimate of drug-likeness (QED) is 0.727. The zero-order chi connectivity index (χ0) is 19.8. The molecule has 0 aliphatic carbocycles. The SMILES string of the molecule is CC(C)Oc1ccc(NCCC(=O)Nc2ccccc2N2CCOCC2)cc1. The molecule has 6 nitrogen and oxygen atoms in total. The van der Waals surface area contributed by atoms with Gasteiger partial charge in [0, 0.05) is 31.7 Å². The second-order valence-electron chi connectivity index (χ2n) is 7.03. The molecule has 0 radical (unpaired) electrons. The molecule has 1 amide bonds. The fraction of sp³-hybridized carbons (Fsp3) is 0.409. The first-order valence-electron chi connectivity index (χ1n) is 9.84. The van der Waals surface area contributed by atoms with Gasteiger partial charge in [-0.2, -0.15) is 0 Å². The van der Waals surface area contributed by atoms with Crippen molar-refractivity contribution in [3.63, 3.8) is 0 Å². The van der Waals surface area contributed by atoms with Gasteiger partial charge in [-0.05, 0) is 50.2 Å². The van der Waals surface area contributed by atoms with E-state index >= 15 is 0 Å². The molecule has 28 heavy (non-hydrogen) atoms. The number of hydrogen-bond acceptors (Lipinski definition) is 5. The number of nitrogens with zero attached hydrogens (tertiary/aromatic N) is 1. The van der Waals surface area contributed by atoms with E-state index in [0.29, 0.717) is 26.2 Å². The van der Waals surface area contributed by atoms with Crippen molar-refractivity contribution in [1.82, 2.24) is 0 Å². The number of para-hydroxylation sites is 2. The van der Waals surface area contributed by atoms with Crippen LogP contribution in [0, 0.1) is 0 Å². The van der Waals surface area contributed by atoms with Crippen molar-refractivity contribution in [2.45, 2.75) is 26.4 Å². The third kappa shape index (κ3) is 5.89. The normalized spacial score (nSPS) is 14.0. The van der Waals surface area contributed by atoms with Crippen LogP contribution in [-0.2, 0) is 9.53 Å². The first-order valence-corrected chi connectivity index (χ1v) is 9.84. The Morgan fingerprint density at radius 1 is 1.11 bits per heavy atom. The van der Waals surface area contributed by atoms with Gasteiger partial charge in [-0.15, -0.1) is 0 Å². The average molecular weight is 383 g/mol. The minimum atomic E-state index is -0.00651. The van der Waals surface area contributed by atoms with E-state index in [0.717, 1.165) is 35.9 Å². The summed E-state index contributed by atoms with van der Waals surface area (Å²) in [5.74, 6) is 0.839. The molecule has 2 aromatic rings. The summed E-state index contributed by atoms with van der Waals surface area (Å²) < 4.78 is 11.1. The summed E-state index contributed by atoms with van der Waals surface area (Å²) in [4.78, 5) is 14.6. The first kappa shape index (κ1) is 20.0. The van der Waals surface area contributed by atoms with Crippen LogP contribution < -0.4 is 20.3 Å². The maximum absolute atomic E-state index is 12.4. The van der Waals surface area contributed by atoms with Crippen LogP contribution >= 0.6 is 0 Å². The number of rotatable bonds is 8. The first-order chi connectivity index (χ1) is 13.6. The van der Waals surface area contributed by atoms with E-state index in [1.54, 1.807) is 0 Å². The van der Waals surface area contributed by atoms with Crippen LogP contribution in [-0.4, -0.2) is 44.9 Å². The monoisotopic (exact) mass is 383 g/mol. The molecule has 2 N–H and O–H groups in total. The summed E-state index contributed by atoms with van der Waals surface area (Å²) in [5.41, 5.74) is 2.87. The van der Waals surface area contributed by atoms with Crippen LogP contribution in [0.4, 0.5) is 17.1 Å². The van der Waals surface area contributed by atoms with E-state index in [1.807, 2.05) is 62.4 Å². The maximum atomic E-state index is 12.4. The highest BCUT2D eigenvalue weighted by Crippen LogP contribution is 2.26. The second kappa shape index (κ2) is 9.99. The lowest BCUT2D eigenvalue weighted by molar-refractivity contribution is -0.115. The van der Waals surface area contributed by atoms with Crippen LogP contribution in [0.5, 0.6) is 5.75 Å². The number of ether oxygens (including phenoxy) is 2. The molecule has 0 spiro atoms. The van der Waals surface area contributed by atoms with Crippen molar-refractivity contribution >= 4 is 23.0 Å². The molecule has 1 heterocycles. The van der Waals surface area contributed by atoms with Gasteiger partial charge in [0.25, 0.3) is 0 Å². The predicted molar refractivity (Wildman–Crippen MR) is 113 cm³/mol. The van der Waals surface area contributed by atoms with E-state index in [2.05, 4.69) is 15.5 Å². The van der Waals surface area contributed by atoms with Gasteiger partial charge >= 0.3 is 0 Å². The Bertz CT molecular complexity index is 756. The molecule has 6 heteroatoms. The molecular formula is C22H29N3O3. The smallest absolute Gasteiger partial charge is 0.226 e. The largest absolute Gasteiger partial charge is 0.491 e. The van der Waals surface area contributed by atoms with Gasteiger partial charge in [0.05, 0.1) is 30.7 Å². The van der Waals surface area contributed by atoms with Crippen molar-refractivity contribution in [2.24, 2.45) is 0 Å². The highest BCUT2D eigenvalue weighted by molar-refractivity contribution is 5.94. The molecule has 2 aromatic carbocycles. The van der Waals surface area contributed by atoms with E-state index in [-0.39, 0.29) is 12.0 Å². The minimum absolute atomic E-state index is 0.00651. The number of amides is 1. The van der Waals surface area contributed by atoms with Crippen LogP contribution in [0.25, 0.3) is 0 Å². The van der Waals surface area contributed by atoms with Crippen LogP contribution in [0.15, 0.2) is 48.5 Å². The fourth-order valence-corrected chi connectivity index (χ4v) is 3.12.